The van der Waals surface area contributed by atoms with Crippen molar-refractivity contribution in [3.63, 3.8) is 0 Å². The van der Waals surface area contributed by atoms with E-state index in [4.69, 9.17) is 53.8 Å². The largest absolute Gasteiger partial charge is 0.505 e. The molecule has 0 spiro atoms. The molecule has 80 heavy (non-hydrogen) atoms. The Balaban J connectivity index is 1.93. The van der Waals surface area contributed by atoms with E-state index in [1.54, 1.807) is 27.7 Å². The molecule has 1 aromatic rings. The van der Waals surface area contributed by atoms with E-state index >= 15 is 4.79 Å². The number of fused-ring (bicyclic) bond motifs is 2. The second kappa shape index (κ2) is 28.6. The number of hydrogen-bond acceptors (Lipinski definition) is 18. The van der Waals surface area contributed by atoms with Crippen LogP contribution < -0.4 is 21.3 Å². The van der Waals surface area contributed by atoms with Gasteiger partial charge in [-0.2, -0.15) is 0 Å². The maximum atomic E-state index is 15.2. The van der Waals surface area contributed by atoms with Gasteiger partial charge in [-0.25, -0.2) is 14.7 Å². The molecule has 3 heterocycles. The Hall–Kier alpha value is -5.99. The number of ether oxygens (including phenoxy) is 4. The average molecular weight is 1190 g/mol. The van der Waals surface area contributed by atoms with Gasteiger partial charge >= 0.3 is 17.9 Å². The molecule has 3 fully saturated rings. The molecule has 0 aromatic heterocycles. The smallest absolute Gasteiger partial charge is 0.332 e. The molecule has 3 aliphatic heterocycles. The Morgan fingerprint density at radius 2 is 1.45 bits per heavy atom. The summed E-state index contributed by atoms with van der Waals surface area (Å²) in [5.41, 5.74) is -2.25. The SMILES string of the molecule is COC(=Cc1cc(Cl)c(O)c(Cl)c1)C(=O)N[C@@H]1C(=O)N[C@@H](CC(C)C)C(=O)N2[C@@H](C[C@@H](OC(C)=O)[C@@H]2C)C(=O)N[C@@H](CC(C)C)C(=O)N(O)[C@@H](C(C)C)C(=O)N2CCC[C@H]2C(=O)OCC(O)C(=O)NC(C(C)(O)CCl)C(=O)O[C@@H]1C. The third-order valence-corrected chi connectivity index (χ3v) is 14.8. The van der Waals surface area contributed by atoms with Crippen LogP contribution in [0.1, 0.15) is 107 Å². The number of methoxy groups -OCH3 is 1. The van der Waals surface area contributed by atoms with Crippen LogP contribution in [0.15, 0.2) is 17.9 Å². The fourth-order valence-corrected chi connectivity index (χ4v) is 10.2. The molecule has 0 bridgehead atoms. The molecule has 0 radical (unpaired) electrons. The summed E-state index contributed by atoms with van der Waals surface area (Å²) in [5, 5.41) is 53.8. The number of aromatic hydroxyl groups is 1. The van der Waals surface area contributed by atoms with E-state index < -0.39 is 167 Å². The van der Waals surface area contributed by atoms with Crippen molar-refractivity contribution in [2.45, 2.75) is 174 Å². The molecule has 12 atom stereocenters. The number of halogens is 3. The summed E-state index contributed by atoms with van der Waals surface area (Å²) in [6.45, 7) is 13.6. The van der Waals surface area contributed by atoms with Crippen LogP contribution in [-0.4, -0.2) is 193 Å². The van der Waals surface area contributed by atoms with Gasteiger partial charge in [0.25, 0.3) is 17.7 Å². The summed E-state index contributed by atoms with van der Waals surface area (Å²) < 4.78 is 21.9. The van der Waals surface area contributed by atoms with Crippen molar-refractivity contribution in [1.82, 2.24) is 36.1 Å². The Morgan fingerprint density at radius 3 is 1.99 bits per heavy atom. The van der Waals surface area contributed by atoms with Crippen molar-refractivity contribution in [3.8, 4) is 5.75 Å². The number of aliphatic hydroxyl groups is 2. The van der Waals surface area contributed by atoms with Gasteiger partial charge in [0.1, 0.15) is 60.7 Å². The van der Waals surface area contributed by atoms with Crippen molar-refractivity contribution in [2.75, 3.05) is 26.1 Å². The number of carbonyl (C=O) groups is 10. The summed E-state index contributed by atoms with van der Waals surface area (Å²) in [4.78, 5) is 144. The maximum Gasteiger partial charge on any atom is 0.332 e. The number of esters is 3. The van der Waals surface area contributed by atoms with Gasteiger partial charge in [-0.15, -0.1) is 11.6 Å². The van der Waals surface area contributed by atoms with Crippen LogP contribution in [0.3, 0.4) is 0 Å². The van der Waals surface area contributed by atoms with E-state index in [2.05, 4.69) is 21.3 Å². The minimum Gasteiger partial charge on any atom is -0.505 e. The van der Waals surface area contributed by atoms with Gasteiger partial charge in [0.2, 0.25) is 23.6 Å². The zero-order valence-corrected chi connectivity index (χ0v) is 48.7. The highest BCUT2D eigenvalue weighted by molar-refractivity contribution is 6.37. The fourth-order valence-electron chi connectivity index (χ4n) is 9.53. The first kappa shape index (κ1) is 66.5. The molecule has 0 saturated carbocycles. The molecule has 8 N–H and O–H groups in total. The van der Waals surface area contributed by atoms with E-state index in [-0.39, 0.29) is 65.2 Å². The molecule has 3 saturated heterocycles. The topological polar surface area (TPSA) is 346 Å². The highest BCUT2D eigenvalue weighted by atomic mass is 35.5. The maximum absolute atomic E-state index is 15.2. The van der Waals surface area contributed by atoms with Crippen LogP contribution >= 0.6 is 34.8 Å². The van der Waals surface area contributed by atoms with Crippen molar-refractivity contribution in [2.24, 2.45) is 17.8 Å². The van der Waals surface area contributed by atoms with Gasteiger partial charge < -0.3 is 65.3 Å². The first-order chi connectivity index (χ1) is 37.3. The van der Waals surface area contributed by atoms with E-state index in [0.717, 1.165) is 43.8 Å². The Morgan fingerprint density at radius 1 is 0.875 bits per heavy atom. The summed E-state index contributed by atoms with van der Waals surface area (Å²) in [5.74, 6) is -14.2. The van der Waals surface area contributed by atoms with Gasteiger partial charge in [-0.1, -0.05) is 64.7 Å². The van der Waals surface area contributed by atoms with Gasteiger partial charge in [0.05, 0.1) is 29.1 Å². The lowest BCUT2D eigenvalue weighted by atomic mass is 9.98. The van der Waals surface area contributed by atoms with E-state index in [1.807, 2.05) is 0 Å². The van der Waals surface area contributed by atoms with Crippen molar-refractivity contribution >= 4 is 100 Å². The Labute approximate surface area is 478 Å². The predicted molar refractivity (Wildman–Crippen MR) is 286 cm³/mol. The molecule has 0 aliphatic carbocycles. The third-order valence-electron chi connectivity index (χ3n) is 13.7. The van der Waals surface area contributed by atoms with Crippen LogP contribution in [0.4, 0.5) is 0 Å². The number of nitrogens with one attached hydrogen (secondary N) is 4. The first-order valence-corrected chi connectivity index (χ1v) is 27.4. The van der Waals surface area contributed by atoms with Crippen LogP contribution in [-0.2, 0) is 66.9 Å². The summed E-state index contributed by atoms with van der Waals surface area (Å²) in [6, 6.07) is -10.4. The summed E-state index contributed by atoms with van der Waals surface area (Å²) in [7, 11) is 1.09. The van der Waals surface area contributed by atoms with E-state index in [0.29, 0.717) is 0 Å². The van der Waals surface area contributed by atoms with E-state index in [1.165, 1.54) is 32.9 Å². The predicted octanol–water partition coefficient (Wildman–Crippen LogP) is 1.71. The zero-order valence-electron chi connectivity index (χ0n) is 46.5. The fraction of sp³-hybridized carbons (Fsp3) is 0.654. The third kappa shape index (κ3) is 16.6. The highest BCUT2D eigenvalue weighted by Crippen LogP contribution is 2.34. The minimum absolute atomic E-state index is 0.0276. The lowest BCUT2D eigenvalue weighted by Crippen LogP contribution is -2.63. The number of cyclic esters (lactones) is 2. The number of hydroxylamine groups is 2. The number of hydrogen-bond donors (Lipinski definition) is 8. The highest BCUT2D eigenvalue weighted by Gasteiger charge is 2.51. The van der Waals surface area contributed by atoms with E-state index in [9.17, 15) is 63.7 Å². The molecule has 4 rings (SSSR count). The van der Waals surface area contributed by atoms with Gasteiger partial charge in [0.15, 0.2) is 23.7 Å². The second-order valence-corrected chi connectivity index (χ2v) is 22.6. The number of carbonyl (C=O) groups excluding carboxylic acids is 10. The van der Waals surface area contributed by atoms with Crippen molar-refractivity contribution in [1.29, 1.82) is 0 Å². The molecule has 3 unspecified atom stereocenters. The molecule has 1 aromatic carbocycles. The Kier molecular flexibility index (Phi) is 23.8. The summed E-state index contributed by atoms with van der Waals surface area (Å²) in [6.07, 6.45) is -4.34. The number of amides is 7. The molecule has 3 aliphatic rings. The second-order valence-electron chi connectivity index (χ2n) is 21.5. The van der Waals surface area contributed by atoms with Crippen LogP contribution in [0.2, 0.25) is 10.0 Å². The molecule has 28 heteroatoms. The molecular weight excluding hydrogens is 1120 g/mol. The van der Waals surface area contributed by atoms with Crippen molar-refractivity contribution < 1.29 is 87.4 Å². The molecule has 446 valence electrons. The summed E-state index contributed by atoms with van der Waals surface area (Å²) >= 11 is 18.3. The van der Waals surface area contributed by atoms with Gasteiger partial charge in [-0.3, -0.25) is 43.6 Å². The standard InChI is InChI=1S/C52H74Cl3N7O18/c1-23(2)15-32-47(70)61-26(7)37(80-28(9)63)20-35(61)43(66)56-33(16-24(3)4)48(71)62(76)40(25(5)6)49(72)60-14-12-13-34(60)50(73)78-21-36(64)44(67)59-42(52(10,75)22-53)51(74)79-27(8)39(46(69)57-32)58-45(68)38(77-11)19-29-17-30(54)41(65)31(55)18-29/h17-19,23-27,32-37,39-40,42,64-65,75-76H,12-16,20-22H2,1-11H3,(H,56,66)(H,57,69)(H,58,68)(H,59,67)/t26-,27+,32-,33-,34-,35-,36?,37+,39-,40-,42?,52?/m0/s1. The number of benzene rings is 1. The normalized spacial score (nSPS) is 28.4. The lowest BCUT2D eigenvalue weighted by molar-refractivity contribution is -0.190. The van der Waals surface area contributed by atoms with Crippen molar-refractivity contribution in [3.05, 3.63) is 33.5 Å². The number of phenolic OH excluding ortho intramolecular Hbond substituents is 1. The molecule has 7 amide bonds. The first-order valence-electron chi connectivity index (χ1n) is 26.1. The number of aliphatic hydroxyl groups excluding tert-OH is 1. The number of nitrogens with zero attached hydrogens (tertiary/aromatic N) is 3. The molecule has 25 nitrogen and oxygen atoms in total. The Bertz CT molecular complexity index is 2510. The monoisotopic (exact) mass is 1190 g/mol. The quantitative estimate of drug-likeness (QED) is 0.0369. The minimum atomic E-state index is -2.38. The van der Waals surface area contributed by atoms with Crippen LogP contribution in [0.25, 0.3) is 6.08 Å². The molecular formula is C52H74Cl3N7O18. The zero-order chi connectivity index (χ0) is 60.4. The van der Waals surface area contributed by atoms with Crippen LogP contribution in [0.5, 0.6) is 5.75 Å². The van der Waals surface area contributed by atoms with Gasteiger partial charge in [0, 0.05) is 19.9 Å². The number of alkyl halides is 1. The average Bonchev–Trinajstić information content (AvgIpc) is 3.99. The number of phenols is 1. The van der Waals surface area contributed by atoms with Crippen LogP contribution in [0, 0.1) is 17.8 Å². The number of rotatable bonds is 12. The lowest BCUT2D eigenvalue weighted by Gasteiger charge is -2.36. The van der Waals surface area contributed by atoms with Gasteiger partial charge in [-0.05, 0) is 88.0 Å².